The molecule has 0 aliphatic carbocycles. The molecule has 0 bridgehead atoms. The minimum atomic E-state index is -0.148. The summed E-state index contributed by atoms with van der Waals surface area (Å²) >= 11 is 0. The zero-order chi connectivity index (χ0) is 15.1. The normalized spacial score (nSPS) is 14.8. The summed E-state index contributed by atoms with van der Waals surface area (Å²) in [5.41, 5.74) is 7.11. The molecule has 2 amide bonds. The van der Waals surface area contributed by atoms with E-state index in [1.54, 1.807) is 12.1 Å². The minimum absolute atomic E-state index is 0.133. The molecule has 0 saturated carbocycles. The number of likely N-dealkylation sites (tertiary alicyclic amines) is 1. The van der Waals surface area contributed by atoms with E-state index in [1.807, 2.05) is 17.0 Å². The molecule has 1 saturated heterocycles. The van der Waals surface area contributed by atoms with Crippen molar-refractivity contribution in [3.8, 4) is 0 Å². The van der Waals surface area contributed by atoms with Gasteiger partial charge >= 0.3 is 0 Å². The molecular formula is C16H23N3O2. The molecule has 0 spiro atoms. The van der Waals surface area contributed by atoms with E-state index in [4.69, 9.17) is 5.73 Å². The van der Waals surface area contributed by atoms with E-state index in [9.17, 15) is 9.59 Å². The Kier molecular flexibility index (Phi) is 5.75. The average Bonchev–Trinajstić information content (AvgIpc) is 2.55. The fraction of sp³-hybridized carbons (Fsp3) is 0.500. The van der Waals surface area contributed by atoms with Gasteiger partial charge in [0.25, 0.3) is 5.91 Å². The van der Waals surface area contributed by atoms with Crippen LogP contribution >= 0.6 is 0 Å². The summed E-state index contributed by atoms with van der Waals surface area (Å²) in [5.74, 6) is -0.0153. The number of carbonyl (C=O) groups is 2. The molecular weight excluding hydrogens is 266 g/mol. The van der Waals surface area contributed by atoms with Crippen LogP contribution in [0.2, 0.25) is 0 Å². The molecule has 1 aliphatic rings. The van der Waals surface area contributed by atoms with Crippen LogP contribution in [-0.4, -0.2) is 36.3 Å². The van der Waals surface area contributed by atoms with Gasteiger partial charge in [0.2, 0.25) is 5.91 Å². The summed E-state index contributed by atoms with van der Waals surface area (Å²) in [6.45, 7) is 2.56. The summed E-state index contributed by atoms with van der Waals surface area (Å²) in [6.07, 6.45) is 3.75. The Morgan fingerprint density at radius 3 is 2.38 bits per heavy atom. The minimum Gasteiger partial charge on any atom is -0.352 e. The number of nitrogens with one attached hydrogen (secondary N) is 1. The quantitative estimate of drug-likeness (QED) is 0.857. The fourth-order valence-corrected chi connectivity index (χ4v) is 2.48. The fourth-order valence-electron chi connectivity index (χ4n) is 2.48. The molecule has 3 N–H and O–H groups in total. The third kappa shape index (κ3) is 4.56. The Hall–Kier alpha value is -1.88. The van der Waals surface area contributed by atoms with Crippen molar-refractivity contribution in [3.05, 3.63) is 35.4 Å². The first-order valence-corrected chi connectivity index (χ1v) is 7.55. The Bertz CT molecular complexity index is 479. The smallest absolute Gasteiger partial charge is 0.251 e. The number of benzene rings is 1. The molecule has 1 aliphatic heterocycles. The van der Waals surface area contributed by atoms with Gasteiger partial charge in [0.05, 0.1) is 0 Å². The maximum Gasteiger partial charge on any atom is 0.251 e. The summed E-state index contributed by atoms with van der Waals surface area (Å²) in [4.78, 5) is 25.8. The van der Waals surface area contributed by atoms with Crippen LogP contribution in [0.4, 0.5) is 0 Å². The Morgan fingerprint density at radius 1 is 1.10 bits per heavy atom. The molecule has 1 aromatic carbocycles. The van der Waals surface area contributed by atoms with Crippen molar-refractivity contribution >= 4 is 11.8 Å². The lowest BCUT2D eigenvalue weighted by Crippen LogP contribution is -2.37. The number of hydrogen-bond acceptors (Lipinski definition) is 3. The van der Waals surface area contributed by atoms with E-state index in [-0.39, 0.29) is 11.8 Å². The van der Waals surface area contributed by atoms with E-state index in [0.29, 0.717) is 25.1 Å². The molecule has 0 aromatic heterocycles. The number of piperidine rings is 1. The van der Waals surface area contributed by atoms with E-state index >= 15 is 0 Å². The first-order valence-electron chi connectivity index (χ1n) is 7.55. The molecule has 0 radical (unpaired) electrons. The maximum absolute atomic E-state index is 12.0. The zero-order valence-corrected chi connectivity index (χ0v) is 12.3. The van der Waals surface area contributed by atoms with Gasteiger partial charge in [-0.3, -0.25) is 9.59 Å². The van der Waals surface area contributed by atoms with Crippen molar-refractivity contribution in [2.75, 3.05) is 19.6 Å². The van der Waals surface area contributed by atoms with Gasteiger partial charge in [0.1, 0.15) is 0 Å². The number of carbonyl (C=O) groups excluding carboxylic acids is 2. The number of hydrogen-bond donors (Lipinski definition) is 2. The van der Waals surface area contributed by atoms with Crippen LogP contribution in [0.15, 0.2) is 24.3 Å². The third-order valence-electron chi connectivity index (χ3n) is 3.79. The van der Waals surface area contributed by atoms with Crippen molar-refractivity contribution < 1.29 is 9.59 Å². The highest BCUT2D eigenvalue weighted by Crippen LogP contribution is 2.09. The lowest BCUT2D eigenvalue weighted by atomic mass is 10.1. The van der Waals surface area contributed by atoms with E-state index < -0.39 is 0 Å². The predicted molar refractivity (Wildman–Crippen MR) is 81.7 cm³/mol. The van der Waals surface area contributed by atoms with Crippen LogP contribution in [0, 0.1) is 0 Å². The highest BCUT2D eigenvalue weighted by atomic mass is 16.2. The van der Waals surface area contributed by atoms with Crippen LogP contribution < -0.4 is 11.1 Å². The van der Waals surface area contributed by atoms with Gasteiger partial charge in [-0.2, -0.15) is 0 Å². The SMILES string of the molecule is NCc1ccc(C(=O)NCCC(=O)N2CCCCC2)cc1. The highest BCUT2D eigenvalue weighted by Gasteiger charge is 2.16. The van der Waals surface area contributed by atoms with Crippen molar-refractivity contribution in [2.24, 2.45) is 5.73 Å². The van der Waals surface area contributed by atoms with Crippen molar-refractivity contribution in [1.82, 2.24) is 10.2 Å². The second-order valence-electron chi connectivity index (χ2n) is 5.35. The van der Waals surface area contributed by atoms with Crippen LogP contribution in [0.25, 0.3) is 0 Å². The molecule has 114 valence electrons. The third-order valence-corrected chi connectivity index (χ3v) is 3.79. The first kappa shape index (κ1) is 15.5. The first-order chi connectivity index (χ1) is 10.2. The second-order valence-corrected chi connectivity index (χ2v) is 5.35. The predicted octanol–water partition coefficient (Wildman–Crippen LogP) is 1.28. The van der Waals surface area contributed by atoms with Crippen molar-refractivity contribution in [2.45, 2.75) is 32.2 Å². The molecule has 0 unspecified atom stereocenters. The largest absolute Gasteiger partial charge is 0.352 e. The molecule has 5 nitrogen and oxygen atoms in total. The zero-order valence-electron chi connectivity index (χ0n) is 12.3. The van der Waals surface area contributed by atoms with Gasteiger partial charge in [-0.1, -0.05) is 12.1 Å². The molecule has 21 heavy (non-hydrogen) atoms. The second kappa shape index (κ2) is 7.78. The van der Waals surface area contributed by atoms with Gasteiger partial charge in [0.15, 0.2) is 0 Å². The standard InChI is InChI=1S/C16H23N3O2/c17-12-13-4-6-14(7-5-13)16(21)18-9-8-15(20)19-10-2-1-3-11-19/h4-7H,1-3,8-12,17H2,(H,18,21). The van der Waals surface area contributed by atoms with E-state index in [1.165, 1.54) is 6.42 Å². The Balaban J connectivity index is 1.74. The number of amides is 2. The lowest BCUT2D eigenvalue weighted by molar-refractivity contribution is -0.131. The maximum atomic E-state index is 12.0. The van der Waals surface area contributed by atoms with Crippen LogP contribution in [0.3, 0.4) is 0 Å². The molecule has 5 heteroatoms. The summed E-state index contributed by atoms with van der Waals surface area (Å²) in [5, 5.41) is 2.79. The topological polar surface area (TPSA) is 75.4 Å². The number of nitrogens with zero attached hydrogens (tertiary/aromatic N) is 1. The van der Waals surface area contributed by atoms with Gasteiger partial charge in [-0.05, 0) is 37.0 Å². The van der Waals surface area contributed by atoms with E-state index in [2.05, 4.69) is 5.32 Å². The van der Waals surface area contributed by atoms with Crippen molar-refractivity contribution in [3.63, 3.8) is 0 Å². The Labute approximate surface area is 125 Å². The van der Waals surface area contributed by atoms with Gasteiger partial charge in [-0.15, -0.1) is 0 Å². The number of nitrogens with two attached hydrogens (primary N) is 1. The average molecular weight is 289 g/mol. The molecule has 1 fully saturated rings. The van der Waals surface area contributed by atoms with Crippen LogP contribution in [-0.2, 0) is 11.3 Å². The van der Waals surface area contributed by atoms with Gasteiger partial charge in [-0.25, -0.2) is 0 Å². The monoisotopic (exact) mass is 289 g/mol. The highest BCUT2D eigenvalue weighted by molar-refractivity contribution is 5.94. The van der Waals surface area contributed by atoms with E-state index in [0.717, 1.165) is 31.5 Å². The van der Waals surface area contributed by atoms with Gasteiger partial charge < -0.3 is 16.0 Å². The lowest BCUT2D eigenvalue weighted by Gasteiger charge is -2.26. The summed E-state index contributed by atoms with van der Waals surface area (Å²) in [6, 6.07) is 7.19. The molecule has 2 rings (SSSR count). The number of rotatable bonds is 5. The molecule has 1 heterocycles. The summed E-state index contributed by atoms with van der Waals surface area (Å²) in [7, 11) is 0. The van der Waals surface area contributed by atoms with Crippen LogP contribution in [0.1, 0.15) is 41.6 Å². The molecule has 1 aromatic rings. The van der Waals surface area contributed by atoms with Crippen molar-refractivity contribution in [1.29, 1.82) is 0 Å². The van der Waals surface area contributed by atoms with Crippen LogP contribution in [0.5, 0.6) is 0 Å². The Morgan fingerprint density at radius 2 is 1.76 bits per heavy atom. The van der Waals surface area contributed by atoms with Gasteiger partial charge in [0, 0.05) is 38.2 Å². The summed E-state index contributed by atoms with van der Waals surface area (Å²) < 4.78 is 0. The molecule has 0 atom stereocenters.